The Bertz CT molecular complexity index is 1080. The predicted molar refractivity (Wildman–Crippen MR) is 99.4 cm³/mol. The van der Waals surface area contributed by atoms with Crippen LogP contribution in [0.25, 0.3) is 23.2 Å². The highest BCUT2D eigenvalue weighted by Crippen LogP contribution is 2.22. The fraction of sp³-hybridized carbons (Fsp3) is 0.0588. The Kier molecular flexibility index (Phi) is 4.54. The van der Waals surface area contributed by atoms with Crippen LogP contribution < -0.4 is 5.32 Å². The van der Waals surface area contributed by atoms with Gasteiger partial charge in [-0.25, -0.2) is 0 Å². The summed E-state index contributed by atoms with van der Waals surface area (Å²) in [6.45, 7) is 1.81. The van der Waals surface area contributed by atoms with Crippen molar-refractivity contribution in [3.05, 3.63) is 59.5 Å². The molecule has 27 heavy (non-hydrogen) atoms. The highest BCUT2D eigenvalue weighted by atomic mass is 32.1. The molecule has 0 saturated heterocycles. The second-order valence-corrected chi connectivity index (χ2v) is 6.59. The molecule has 1 N–H and O–H groups in total. The van der Waals surface area contributed by atoms with Crippen LogP contribution in [0.5, 0.6) is 0 Å². The van der Waals surface area contributed by atoms with Crippen LogP contribution in [0, 0.1) is 6.92 Å². The van der Waals surface area contributed by atoms with Crippen molar-refractivity contribution in [3.63, 3.8) is 0 Å². The molecule has 3 aromatic heterocycles. The number of furan rings is 1. The van der Waals surface area contributed by atoms with Gasteiger partial charge in [0.1, 0.15) is 16.5 Å². The summed E-state index contributed by atoms with van der Waals surface area (Å²) in [5, 5.41) is 23.5. The quantitative estimate of drug-likeness (QED) is 0.531. The Morgan fingerprint density at radius 3 is 2.70 bits per heavy atom. The first-order valence-corrected chi connectivity index (χ1v) is 8.73. The molecule has 4 aromatic rings. The van der Waals surface area contributed by atoms with Gasteiger partial charge in [-0.15, -0.1) is 15.3 Å². The lowest BCUT2D eigenvalue weighted by atomic mass is 10.2. The first-order chi connectivity index (χ1) is 13.2. The van der Waals surface area contributed by atoms with Gasteiger partial charge in [0.25, 0.3) is 5.91 Å². The number of nitrogens with one attached hydrogen (secondary N) is 1. The molecule has 1 aromatic carbocycles. The summed E-state index contributed by atoms with van der Waals surface area (Å²) in [5.41, 5.74) is 0.953. The first kappa shape index (κ1) is 16.8. The Balaban J connectivity index is 1.76. The highest BCUT2D eigenvalue weighted by Gasteiger charge is 2.21. The standard InChI is InChI=1S/C17H13N7O2S/c1-11-19-21-17(27-11)18-16(25)14(10-13-8-5-9-26-13)24-15(20-22-23-24)12-6-3-2-4-7-12/h2-10H,1H3,(H,18,21,25)/b14-10-. The topological polar surface area (TPSA) is 112 Å². The molecule has 3 heterocycles. The second-order valence-electron chi connectivity index (χ2n) is 5.41. The monoisotopic (exact) mass is 379 g/mol. The number of hydrogen-bond acceptors (Lipinski definition) is 8. The van der Waals surface area contributed by atoms with Gasteiger partial charge in [0.05, 0.1) is 6.26 Å². The average molecular weight is 379 g/mol. The van der Waals surface area contributed by atoms with Crippen molar-refractivity contribution in [2.75, 3.05) is 5.32 Å². The van der Waals surface area contributed by atoms with Gasteiger partial charge in [0.2, 0.25) is 5.13 Å². The van der Waals surface area contributed by atoms with Crippen molar-refractivity contribution in [3.8, 4) is 11.4 Å². The van der Waals surface area contributed by atoms with Crippen molar-refractivity contribution in [1.82, 2.24) is 30.4 Å². The Labute approximate surface area is 157 Å². The van der Waals surface area contributed by atoms with Crippen LogP contribution in [0.2, 0.25) is 0 Å². The molecule has 9 nitrogen and oxygen atoms in total. The highest BCUT2D eigenvalue weighted by molar-refractivity contribution is 7.15. The van der Waals surface area contributed by atoms with E-state index in [1.54, 1.807) is 18.2 Å². The number of hydrogen-bond donors (Lipinski definition) is 1. The molecule has 0 aliphatic carbocycles. The van der Waals surface area contributed by atoms with E-state index >= 15 is 0 Å². The maximum Gasteiger partial charge on any atom is 0.276 e. The van der Waals surface area contributed by atoms with Gasteiger partial charge in [-0.05, 0) is 29.5 Å². The summed E-state index contributed by atoms with van der Waals surface area (Å²) in [6, 6.07) is 12.8. The van der Waals surface area contributed by atoms with E-state index in [0.717, 1.165) is 10.6 Å². The van der Waals surface area contributed by atoms with Crippen LogP contribution in [0.3, 0.4) is 0 Å². The summed E-state index contributed by atoms with van der Waals surface area (Å²) in [6.07, 6.45) is 3.08. The van der Waals surface area contributed by atoms with Crippen molar-refractivity contribution in [2.45, 2.75) is 6.92 Å². The van der Waals surface area contributed by atoms with Gasteiger partial charge < -0.3 is 4.42 Å². The molecule has 0 bridgehead atoms. The van der Waals surface area contributed by atoms with Crippen LogP contribution in [0.15, 0.2) is 53.1 Å². The van der Waals surface area contributed by atoms with Gasteiger partial charge in [-0.2, -0.15) is 4.68 Å². The zero-order chi connectivity index (χ0) is 18.6. The first-order valence-electron chi connectivity index (χ1n) is 7.91. The molecule has 0 spiro atoms. The fourth-order valence-electron chi connectivity index (χ4n) is 2.36. The van der Waals surface area contributed by atoms with Crippen LogP contribution in [-0.4, -0.2) is 36.3 Å². The number of aryl methyl sites for hydroxylation is 1. The van der Waals surface area contributed by atoms with Crippen LogP contribution in [0.4, 0.5) is 5.13 Å². The number of anilines is 1. The summed E-state index contributed by atoms with van der Waals surface area (Å²) in [4.78, 5) is 12.9. The van der Waals surface area contributed by atoms with E-state index in [9.17, 15) is 4.79 Å². The maximum atomic E-state index is 12.9. The average Bonchev–Trinajstić information content (AvgIpc) is 3.42. The molecule has 0 fully saturated rings. The fourth-order valence-corrected chi connectivity index (χ4v) is 2.94. The third kappa shape index (κ3) is 3.65. The molecular weight excluding hydrogens is 366 g/mol. The zero-order valence-corrected chi connectivity index (χ0v) is 14.9. The number of tetrazole rings is 1. The smallest absolute Gasteiger partial charge is 0.276 e. The Morgan fingerprint density at radius 2 is 2.00 bits per heavy atom. The molecule has 0 atom stereocenters. The zero-order valence-electron chi connectivity index (χ0n) is 14.1. The molecule has 0 aliphatic rings. The van der Waals surface area contributed by atoms with Gasteiger partial charge in [-0.1, -0.05) is 41.7 Å². The summed E-state index contributed by atoms with van der Waals surface area (Å²) in [7, 11) is 0. The van der Waals surface area contributed by atoms with Gasteiger partial charge in [0, 0.05) is 11.6 Å². The number of nitrogens with zero attached hydrogens (tertiary/aromatic N) is 6. The SMILES string of the molecule is Cc1nnc(NC(=O)/C(=C/c2ccco2)n2nnnc2-c2ccccc2)s1. The lowest BCUT2D eigenvalue weighted by Gasteiger charge is -2.08. The van der Waals surface area contributed by atoms with E-state index in [4.69, 9.17) is 4.42 Å². The minimum absolute atomic E-state index is 0.182. The normalized spacial score (nSPS) is 11.5. The molecule has 10 heteroatoms. The third-order valence-corrected chi connectivity index (χ3v) is 4.29. The van der Waals surface area contributed by atoms with Gasteiger partial charge in [-0.3, -0.25) is 10.1 Å². The number of aromatic nitrogens is 6. The van der Waals surface area contributed by atoms with Crippen molar-refractivity contribution in [1.29, 1.82) is 0 Å². The lowest BCUT2D eigenvalue weighted by molar-refractivity contribution is -0.111. The number of carbonyl (C=O) groups excluding carboxylic acids is 1. The summed E-state index contributed by atoms with van der Waals surface area (Å²) < 4.78 is 6.71. The van der Waals surface area contributed by atoms with Crippen molar-refractivity contribution >= 4 is 34.1 Å². The van der Waals surface area contributed by atoms with Gasteiger partial charge in [0.15, 0.2) is 5.82 Å². The van der Waals surface area contributed by atoms with Crippen LogP contribution >= 0.6 is 11.3 Å². The van der Waals surface area contributed by atoms with Crippen molar-refractivity contribution < 1.29 is 9.21 Å². The third-order valence-electron chi connectivity index (χ3n) is 3.53. The minimum Gasteiger partial charge on any atom is -0.465 e. The molecule has 0 unspecified atom stereocenters. The largest absolute Gasteiger partial charge is 0.465 e. The van der Waals surface area contributed by atoms with E-state index in [1.807, 2.05) is 37.3 Å². The van der Waals surface area contributed by atoms with E-state index in [0.29, 0.717) is 16.7 Å². The molecule has 0 aliphatic heterocycles. The van der Waals surface area contributed by atoms with Crippen LogP contribution in [-0.2, 0) is 4.79 Å². The lowest BCUT2D eigenvalue weighted by Crippen LogP contribution is -2.19. The second kappa shape index (κ2) is 7.30. The number of rotatable bonds is 5. The molecule has 134 valence electrons. The maximum absolute atomic E-state index is 12.9. The Hall–Kier alpha value is -3.66. The number of amides is 1. The number of carbonyl (C=O) groups is 1. The number of benzene rings is 1. The summed E-state index contributed by atoms with van der Waals surface area (Å²) >= 11 is 1.27. The predicted octanol–water partition coefficient (Wildman–Crippen LogP) is 2.73. The van der Waals surface area contributed by atoms with E-state index in [2.05, 4.69) is 31.0 Å². The molecule has 0 radical (unpaired) electrons. The Morgan fingerprint density at radius 1 is 1.15 bits per heavy atom. The molecule has 0 saturated carbocycles. The van der Waals surface area contributed by atoms with E-state index in [-0.39, 0.29) is 5.70 Å². The van der Waals surface area contributed by atoms with Gasteiger partial charge >= 0.3 is 0 Å². The van der Waals surface area contributed by atoms with E-state index < -0.39 is 5.91 Å². The minimum atomic E-state index is -0.438. The van der Waals surface area contributed by atoms with Crippen LogP contribution in [0.1, 0.15) is 10.8 Å². The molecular formula is C17H13N7O2S. The molecule has 1 amide bonds. The van der Waals surface area contributed by atoms with E-state index in [1.165, 1.54) is 22.3 Å². The summed E-state index contributed by atoms with van der Waals surface area (Å²) in [5.74, 6) is 0.479. The van der Waals surface area contributed by atoms with Crippen molar-refractivity contribution in [2.24, 2.45) is 0 Å². The molecule has 4 rings (SSSR count).